The lowest BCUT2D eigenvalue weighted by Gasteiger charge is -2.22. The van der Waals surface area contributed by atoms with Gasteiger partial charge in [0.25, 0.3) is 0 Å². The smallest absolute Gasteiger partial charge is 0.314 e. The minimum Gasteiger partial charge on any atom is -0.494 e. The van der Waals surface area contributed by atoms with Gasteiger partial charge in [-0.2, -0.15) is 0 Å². The van der Waals surface area contributed by atoms with Crippen molar-refractivity contribution < 1.29 is 23.9 Å². The van der Waals surface area contributed by atoms with Crippen molar-refractivity contribution in [2.45, 2.75) is 78.9 Å². The molecule has 0 amide bonds. The molecule has 0 aliphatic heterocycles. The third kappa shape index (κ3) is 7.71. The van der Waals surface area contributed by atoms with Crippen LogP contribution in [0.1, 0.15) is 91.1 Å². The first-order chi connectivity index (χ1) is 21.9. The molecule has 0 spiro atoms. The summed E-state index contributed by atoms with van der Waals surface area (Å²) in [6, 6.07) is 26.0. The van der Waals surface area contributed by atoms with Gasteiger partial charge in [-0.25, -0.2) is 0 Å². The molecule has 5 rings (SSSR count). The molecule has 0 atom stereocenters. The monoisotopic (exact) mass is 638 g/mol. The summed E-state index contributed by atoms with van der Waals surface area (Å²) < 4.78 is 11.5. The van der Waals surface area contributed by atoms with Crippen molar-refractivity contribution in [2.75, 3.05) is 6.61 Å². The van der Waals surface area contributed by atoms with E-state index in [2.05, 4.69) is 20.8 Å². The normalized spacial score (nSPS) is 12.2. The zero-order valence-electron chi connectivity index (χ0n) is 26.0. The molecule has 0 N–H and O–H groups in total. The number of benzene rings is 4. The average molecular weight is 639 g/mol. The number of carbonyl (C=O) groups excluding carboxylic acids is 3. The number of hydrogen-bond acceptors (Lipinski definition) is 7. The summed E-state index contributed by atoms with van der Waals surface area (Å²) in [7, 11) is 0. The van der Waals surface area contributed by atoms with Gasteiger partial charge >= 0.3 is 5.97 Å². The van der Waals surface area contributed by atoms with Gasteiger partial charge in [0.05, 0.1) is 12.5 Å². The SMILES string of the molecule is CCCCOc1ccc(Sc2cccc3c2C(=O)c2cccc(Sc4ccc(OC(=O)C(CCC)CCC)cc4)c2C3=O)cc1. The Labute approximate surface area is 274 Å². The van der Waals surface area contributed by atoms with Gasteiger partial charge in [0, 0.05) is 41.8 Å². The molecule has 5 nitrogen and oxygen atoms in total. The fraction of sp³-hybridized carbons (Fsp3) is 0.289. The highest BCUT2D eigenvalue weighted by Gasteiger charge is 2.33. The molecule has 45 heavy (non-hydrogen) atoms. The number of hydrogen-bond donors (Lipinski definition) is 0. The summed E-state index contributed by atoms with van der Waals surface area (Å²) in [6.45, 7) is 6.96. The van der Waals surface area contributed by atoms with E-state index in [1.165, 1.54) is 23.5 Å². The van der Waals surface area contributed by atoms with E-state index in [9.17, 15) is 14.4 Å². The molecule has 232 valence electrons. The molecule has 7 heteroatoms. The summed E-state index contributed by atoms with van der Waals surface area (Å²) in [5.41, 5.74) is 1.70. The predicted molar refractivity (Wildman–Crippen MR) is 180 cm³/mol. The van der Waals surface area contributed by atoms with E-state index < -0.39 is 0 Å². The van der Waals surface area contributed by atoms with Crippen LogP contribution in [0.15, 0.2) is 105 Å². The predicted octanol–water partition coefficient (Wildman–Crippen LogP) is 10.1. The van der Waals surface area contributed by atoms with Crippen LogP contribution in [0.3, 0.4) is 0 Å². The Bertz CT molecular complexity index is 1660. The van der Waals surface area contributed by atoms with Crippen molar-refractivity contribution in [2.24, 2.45) is 5.92 Å². The molecule has 4 aromatic carbocycles. The number of carbonyl (C=O) groups is 3. The van der Waals surface area contributed by atoms with E-state index in [1.807, 2.05) is 60.7 Å². The third-order valence-electron chi connectivity index (χ3n) is 7.69. The number of rotatable bonds is 14. The zero-order chi connectivity index (χ0) is 31.8. The lowest BCUT2D eigenvalue weighted by atomic mass is 9.84. The Morgan fingerprint density at radius 3 is 1.60 bits per heavy atom. The van der Waals surface area contributed by atoms with Crippen LogP contribution in [0.25, 0.3) is 0 Å². The Morgan fingerprint density at radius 2 is 1.13 bits per heavy atom. The number of ether oxygens (including phenoxy) is 2. The van der Waals surface area contributed by atoms with E-state index in [1.54, 1.807) is 24.3 Å². The second kappa shape index (κ2) is 15.5. The van der Waals surface area contributed by atoms with Gasteiger partial charge in [-0.05, 0) is 79.9 Å². The number of esters is 1. The lowest BCUT2D eigenvalue weighted by molar-refractivity contribution is -0.139. The fourth-order valence-electron chi connectivity index (χ4n) is 5.39. The molecule has 0 fully saturated rings. The Hall–Kier alpha value is -3.81. The quantitative estimate of drug-likeness (QED) is 0.0681. The maximum Gasteiger partial charge on any atom is 0.314 e. The topological polar surface area (TPSA) is 69.7 Å². The van der Waals surface area contributed by atoms with Crippen molar-refractivity contribution in [3.63, 3.8) is 0 Å². The molecule has 0 unspecified atom stereocenters. The fourth-order valence-corrected chi connectivity index (χ4v) is 7.35. The molecule has 0 heterocycles. The highest BCUT2D eigenvalue weighted by atomic mass is 32.2. The molecule has 1 aliphatic rings. The first-order valence-corrected chi connectivity index (χ1v) is 17.3. The maximum absolute atomic E-state index is 13.9. The second-order valence-electron chi connectivity index (χ2n) is 11.1. The molecule has 0 saturated carbocycles. The molecule has 0 aromatic heterocycles. The van der Waals surface area contributed by atoms with Gasteiger partial charge in [0.15, 0.2) is 11.6 Å². The van der Waals surface area contributed by atoms with Crippen LogP contribution < -0.4 is 9.47 Å². The van der Waals surface area contributed by atoms with Crippen LogP contribution in [0.5, 0.6) is 11.5 Å². The summed E-state index contributed by atoms with van der Waals surface area (Å²) in [5, 5.41) is 0. The Kier molecular flexibility index (Phi) is 11.2. The summed E-state index contributed by atoms with van der Waals surface area (Å²) in [6.07, 6.45) is 5.59. The van der Waals surface area contributed by atoms with Crippen LogP contribution in [0, 0.1) is 5.92 Å². The van der Waals surface area contributed by atoms with Gasteiger partial charge in [-0.3, -0.25) is 14.4 Å². The third-order valence-corrected chi connectivity index (χ3v) is 9.83. The van der Waals surface area contributed by atoms with Crippen LogP contribution >= 0.6 is 23.5 Å². The first kappa shape index (κ1) is 32.6. The van der Waals surface area contributed by atoms with E-state index in [0.717, 1.165) is 59.0 Å². The van der Waals surface area contributed by atoms with Gasteiger partial charge < -0.3 is 9.47 Å². The van der Waals surface area contributed by atoms with Crippen LogP contribution in [-0.4, -0.2) is 24.1 Å². The summed E-state index contributed by atoms with van der Waals surface area (Å²) >= 11 is 2.89. The van der Waals surface area contributed by atoms with Crippen molar-refractivity contribution in [1.82, 2.24) is 0 Å². The molecule has 4 aromatic rings. The molecule has 1 aliphatic carbocycles. The highest BCUT2D eigenvalue weighted by molar-refractivity contribution is 7.99. The summed E-state index contributed by atoms with van der Waals surface area (Å²) in [4.78, 5) is 43.8. The van der Waals surface area contributed by atoms with Gasteiger partial charge in [0.2, 0.25) is 0 Å². The van der Waals surface area contributed by atoms with Crippen LogP contribution in [0.2, 0.25) is 0 Å². The molecule has 0 bridgehead atoms. The molecular weight excluding hydrogens is 601 g/mol. The van der Waals surface area contributed by atoms with E-state index in [-0.39, 0.29) is 23.5 Å². The van der Waals surface area contributed by atoms with Crippen molar-refractivity contribution in [1.29, 1.82) is 0 Å². The Balaban J connectivity index is 1.33. The molecular formula is C38H38O5S2. The van der Waals surface area contributed by atoms with E-state index >= 15 is 0 Å². The van der Waals surface area contributed by atoms with E-state index in [4.69, 9.17) is 9.47 Å². The number of unbranched alkanes of at least 4 members (excludes halogenated alkanes) is 1. The largest absolute Gasteiger partial charge is 0.494 e. The zero-order valence-corrected chi connectivity index (χ0v) is 27.6. The van der Waals surface area contributed by atoms with Crippen LogP contribution in [-0.2, 0) is 4.79 Å². The highest BCUT2D eigenvalue weighted by Crippen LogP contribution is 2.41. The maximum atomic E-state index is 13.9. The molecule has 0 radical (unpaired) electrons. The first-order valence-electron chi connectivity index (χ1n) is 15.7. The Morgan fingerprint density at radius 1 is 0.644 bits per heavy atom. The van der Waals surface area contributed by atoms with Gasteiger partial charge in [0.1, 0.15) is 11.5 Å². The lowest BCUT2D eigenvalue weighted by Crippen LogP contribution is -2.22. The van der Waals surface area contributed by atoms with Crippen LogP contribution in [0.4, 0.5) is 0 Å². The summed E-state index contributed by atoms with van der Waals surface area (Å²) in [5.74, 6) is 0.724. The molecule has 0 saturated heterocycles. The minimum atomic E-state index is -0.190. The van der Waals surface area contributed by atoms with Crippen molar-refractivity contribution in [3.8, 4) is 11.5 Å². The van der Waals surface area contributed by atoms with E-state index in [0.29, 0.717) is 39.5 Å². The van der Waals surface area contributed by atoms with Gasteiger partial charge in [-0.1, -0.05) is 87.8 Å². The second-order valence-corrected chi connectivity index (χ2v) is 13.3. The number of fused-ring (bicyclic) bond motifs is 2. The van der Waals surface area contributed by atoms with Gasteiger partial charge in [-0.15, -0.1) is 0 Å². The number of ketones is 2. The van der Waals surface area contributed by atoms with Crippen molar-refractivity contribution in [3.05, 3.63) is 107 Å². The standard InChI is InChI=1S/C38H38O5S2/c1-4-7-24-42-26-16-20-28(21-17-26)44-32-14-8-12-30-34(32)36(39)31-13-9-15-33(35(31)37(30)40)45-29-22-18-27(19-23-29)43-38(41)25(10-5-2)11-6-3/h8-9,12-23,25H,4-7,10-11,24H2,1-3H3. The minimum absolute atomic E-state index is 0.0919. The average Bonchev–Trinajstić information content (AvgIpc) is 3.05. The van der Waals surface area contributed by atoms with Crippen molar-refractivity contribution >= 4 is 41.1 Å².